The quantitative estimate of drug-likeness (QED) is 0.370. The number of fused-ring (bicyclic) bond motifs is 1. The molecule has 2 N–H and O–H groups in total. The van der Waals surface area contributed by atoms with E-state index < -0.39 is 23.4 Å². The van der Waals surface area contributed by atoms with Crippen LogP contribution >= 0.6 is 0 Å². The van der Waals surface area contributed by atoms with E-state index in [0.29, 0.717) is 12.0 Å². The summed E-state index contributed by atoms with van der Waals surface area (Å²) in [5.41, 5.74) is -0.424. The van der Waals surface area contributed by atoms with Gasteiger partial charge < -0.3 is 15.2 Å². The fourth-order valence-corrected chi connectivity index (χ4v) is 3.12. The molecular weight excluding hydrogens is 447 g/mol. The Morgan fingerprint density at radius 2 is 1.73 bits per heavy atom. The third-order valence-electron chi connectivity index (χ3n) is 4.69. The van der Waals surface area contributed by atoms with Crippen molar-refractivity contribution in [2.24, 2.45) is 0 Å². The van der Waals surface area contributed by atoms with Gasteiger partial charge in [-0.15, -0.1) is 0 Å². The number of ether oxygens (including phenoxy) is 1. The first kappa shape index (κ1) is 22.2. The molecule has 0 saturated heterocycles. The molecule has 0 radical (unpaired) electrons. The standard InChI is InChI=1S/C22H15F5N4O2/c23-14-2-3-15(24)20-19(14)21(31-11-30-20)29-7-5-12-1-4-17(16(32)9-12)33-18-10-13(6-8-28-18)22(25,26)27/h1-4,6,8-11,32H,5,7H2,(H,29,30,31). The number of alkyl halides is 3. The summed E-state index contributed by atoms with van der Waals surface area (Å²) in [5, 5.41) is 13.0. The second kappa shape index (κ2) is 8.85. The maximum atomic E-state index is 14.1. The van der Waals surface area contributed by atoms with Crippen LogP contribution < -0.4 is 10.1 Å². The van der Waals surface area contributed by atoms with Crippen LogP contribution in [0.2, 0.25) is 0 Å². The van der Waals surface area contributed by atoms with E-state index in [1.165, 1.54) is 12.1 Å². The van der Waals surface area contributed by atoms with Gasteiger partial charge in [-0.2, -0.15) is 13.2 Å². The second-order valence-corrected chi connectivity index (χ2v) is 6.94. The van der Waals surface area contributed by atoms with Gasteiger partial charge in [0.05, 0.1) is 10.9 Å². The molecule has 2 aromatic heterocycles. The van der Waals surface area contributed by atoms with Crippen LogP contribution in [0.15, 0.2) is 55.0 Å². The number of rotatable bonds is 6. The molecule has 0 amide bonds. The summed E-state index contributed by atoms with van der Waals surface area (Å²) in [6.45, 7) is 0.261. The number of hydrogen-bond acceptors (Lipinski definition) is 6. The smallest absolute Gasteiger partial charge is 0.416 e. The molecule has 0 saturated carbocycles. The third kappa shape index (κ3) is 4.92. The van der Waals surface area contributed by atoms with Crippen LogP contribution in [0, 0.1) is 11.6 Å². The molecule has 0 atom stereocenters. The Hall–Kier alpha value is -4.02. The van der Waals surface area contributed by atoms with Crippen molar-refractivity contribution in [1.29, 1.82) is 0 Å². The number of phenols is 1. The van der Waals surface area contributed by atoms with Crippen molar-refractivity contribution in [2.45, 2.75) is 12.6 Å². The number of aromatic nitrogens is 3. The first-order valence-corrected chi connectivity index (χ1v) is 9.58. The van der Waals surface area contributed by atoms with E-state index >= 15 is 0 Å². The Morgan fingerprint density at radius 1 is 0.939 bits per heavy atom. The summed E-state index contributed by atoms with van der Waals surface area (Å²) >= 11 is 0. The van der Waals surface area contributed by atoms with Gasteiger partial charge in [-0.1, -0.05) is 6.07 Å². The number of nitrogens with one attached hydrogen (secondary N) is 1. The Kier molecular flexibility index (Phi) is 5.95. The van der Waals surface area contributed by atoms with Gasteiger partial charge in [-0.25, -0.2) is 23.7 Å². The number of anilines is 1. The van der Waals surface area contributed by atoms with Crippen molar-refractivity contribution in [3.63, 3.8) is 0 Å². The molecule has 2 heterocycles. The summed E-state index contributed by atoms with van der Waals surface area (Å²) in [4.78, 5) is 11.4. The van der Waals surface area contributed by atoms with Crippen molar-refractivity contribution < 1.29 is 31.8 Å². The Labute approximate surface area is 183 Å². The molecule has 0 aliphatic carbocycles. The summed E-state index contributed by atoms with van der Waals surface area (Å²) in [5.74, 6) is -1.91. The number of aromatic hydroxyl groups is 1. The highest BCUT2D eigenvalue weighted by Gasteiger charge is 2.31. The minimum absolute atomic E-state index is 0.0714. The highest BCUT2D eigenvalue weighted by Crippen LogP contribution is 2.34. The normalized spacial score (nSPS) is 11.5. The van der Waals surface area contributed by atoms with Gasteiger partial charge in [0.15, 0.2) is 11.5 Å². The predicted octanol–water partition coefficient (Wildman–Crippen LogP) is 5.47. The fourth-order valence-electron chi connectivity index (χ4n) is 3.12. The molecule has 0 aliphatic heterocycles. The van der Waals surface area contributed by atoms with Crippen LogP contribution in [0.3, 0.4) is 0 Å². The molecule has 11 heteroatoms. The molecule has 4 rings (SSSR count). The van der Waals surface area contributed by atoms with E-state index in [1.54, 1.807) is 6.07 Å². The Morgan fingerprint density at radius 3 is 2.48 bits per heavy atom. The van der Waals surface area contributed by atoms with Crippen molar-refractivity contribution in [1.82, 2.24) is 15.0 Å². The average molecular weight is 462 g/mol. The van der Waals surface area contributed by atoms with Crippen LogP contribution in [-0.2, 0) is 12.6 Å². The second-order valence-electron chi connectivity index (χ2n) is 6.94. The highest BCUT2D eigenvalue weighted by molar-refractivity contribution is 5.89. The molecule has 0 aliphatic rings. The molecule has 4 aromatic rings. The molecule has 0 unspecified atom stereocenters. The zero-order valence-corrected chi connectivity index (χ0v) is 16.7. The SMILES string of the molecule is Oc1cc(CCNc2ncnc3c(F)ccc(F)c23)ccc1Oc1cc(C(F)(F)F)ccn1. The summed E-state index contributed by atoms with van der Waals surface area (Å²) in [7, 11) is 0. The average Bonchev–Trinajstić information content (AvgIpc) is 2.78. The molecule has 33 heavy (non-hydrogen) atoms. The van der Waals surface area contributed by atoms with E-state index in [9.17, 15) is 27.1 Å². The van der Waals surface area contributed by atoms with Crippen molar-refractivity contribution >= 4 is 16.7 Å². The first-order valence-electron chi connectivity index (χ1n) is 9.58. The number of phenolic OH excluding ortho intramolecular Hbond substituents is 1. The van der Waals surface area contributed by atoms with Crippen LogP contribution in [0.5, 0.6) is 17.4 Å². The molecule has 170 valence electrons. The van der Waals surface area contributed by atoms with Gasteiger partial charge in [-0.3, -0.25) is 0 Å². The number of hydrogen-bond donors (Lipinski definition) is 2. The lowest BCUT2D eigenvalue weighted by Crippen LogP contribution is -2.08. The molecule has 0 spiro atoms. The van der Waals surface area contributed by atoms with Crippen LogP contribution in [0.25, 0.3) is 10.9 Å². The lowest BCUT2D eigenvalue weighted by Gasteiger charge is -2.12. The largest absolute Gasteiger partial charge is 0.504 e. The summed E-state index contributed by atoms with van der Waals surface area (Å²) in [6.07, 6.45) is -2.12. The van der Waals surface area contributed by atoms with Crippen molar-refractivity contribution in [2.75, 3.05) is 11.9 Å². The maximum Gasteiger partial charge on any atom is 0.416 e. The topological polar surface area (TPSA) is 80.2 Å². The predicted molar refractivity (Wildman–Crippen MR) is 109 cm³/mol. The van der Waals surface area contributed by atoms with Crippen molar-refractivity contribution in [3.05, 3.63) is 77.8 Å². The van der Waals surface area contributed by atoms with E-state index in [0.717, 1.165) is 36.8 Å². The fraction of sp³-hybridized carbons (Fsp3) is 0.136. The van der Waals surface area contributed by atoms with E-state index in [-0.39, 0.29) is 40.6 Å². The molecule has 2 aromatic carbocycles. The van der Waals surface area contributed by atoms with E-state index in [4.69, 9.17) is 4.74 Å². The van der Waals surface area contributed by atoms with Gasteiger partial charge in [-0.05, 0) is 42.3 Å². The molecular formula is C22H15F5N4O2. The van der Waals surface area contributed by atoms with Gasteiger partial charge in [0.2, 0.25) is 5.88 Å². The zero-order valence-electron chi connectivity index (χ0n) is 16.7. The Balaban J connectivity index is 1.44. The van der Waals surface area contributed by atoms with Gasteiger partial charge in [0.25, 0.3) is 0 Å². The van der Waals surface area contributed by atoms with Crippen LogP contribution in [0.1, 0.15) is 11.1 Å². The van der Waals surface area contributed by atoms with Crippen LogP contribution in [0.4, 0.5) is 27.8 Å². The van der Waals surface area contributed by atoms with Crippen LogP contribution in [-0.4, -0.2) is 26.6 Å². The third-order valence-corrected chi connectivity index (χ3v) is 4.69. The van der Waals surface area contributed by atoms with Gasteiger partial charge >= 0.3 is 6.18 Å². The number of nitrogens with zero attached hydrogens (tertiary/aromatic N) is 3. The molecule has 0 bridgehead atoms. The first-order chi connectivity index (χ1) is 15.7. The summed E-state index contributed by atoms with van der Waals surface area (Å²) < 4.78 is 71.8. The minimum atomic E-state index is -4.55. The molecule has 6 nitrogen and oxygen atoms in total. The number of halogens is 5. The minimum Gasteiger partial charge on any atom is -0.504 e. The maximum absolute atomic E-state index is 14.1. The van der Waals surface area contributed by atoms with Gasteiger partial charge in [0.1, 0.15) is 29.3 Å². The monoisotopic (exact) mass is 462 g/mol. The lowest BCUT2D eigenvalue weighted by atomic mass is 10.1. The summed E-state index contributed by atoms with van der Waals surface area (Å²) in [6, 6.07) is 7.88. The van der Waals surface area contributed by atoms with Gasteiger partial charge in [0, 0.05) is 18.8 Å². The highest BCUT2D eigenvalue weighted by atomic mass is 19.4. The van der Waals surface area contributed by atoms with E-state index in [1.807, 2.05) is 0 Å². The Bertz CT molecular complexity index is 1310. The lowest BCUT2D eigenvalue weighted by molar-refractivity contribution is -0.137. The number of benzene rings is 2. The number of pyridine rings is 1. The van der Waals surface area contributed by atoms with Crippen molar-refractivity contribution in [3.8, 4) is 17.4 Å². The van der Waals surface area contributed by atoms with E-state index in [2.05, 4.69) is 20.3 Å². The zero-order chi connectivity index (χ0) is 23.6. The molecule has 0 fully saturated rings.